The predicted octanol–water partition coefficient (Wildman–Crippen LogP) is 4.04. The predicted molar refractivity (Wildman–Crippen MR) is 106 cm³/mol. The van der Waals surface area contributed by atoms with Crippen LogP contribution in [0.25, 0.3) is 27.8 Å². The summed E-state index contributed by atoms with van der Waals surface area (Å²) in [4.78, 5) is 20.3. The zero-order valence-electron chi connectivity index (χ0n) is 15.1. The van der Waals surface area contributed by atoms with Gasteiger partial charge < -0.3 is 4.40 Å². The zero-order chi connectivity index (χ0) is 20.0. The van der Waals surface area contributed by atoms with E-state index in [9.17, 15) is 13.6 Å². The summed E-state index contributed by atoms with van der Waals surface area (Å²) in [6.07, 6.45) is 6.33. The highest BCUT2D eigenvalue weighted by Crippen LogP contribution is 2.26. The highest BCUT2D eigenvalue weighted by Gasteiger charge is 2.15. The molecule has 0 spiro atoms. The Morgan fingerprint density at radius 2 is 1.76 bits per heavy atom. The molecule has 0 radical (unpaired) electrons. The first-order valence-electron chi connectivity index (χ1n) is 8.96. The number of nitrogens with zero attached hydrogens (tertiary/aromatic N) is 4. The topological polar surface area (TPSA) is 52.2 Å². The number of aromatic nitrogens is 4. The van der Waals surface area contributed by atoms with Gasteiger partial charge in [0.1, 0.15) is 11.6 Å². The normalized spacial score (nSPS) is 11.4. The lowest BCUT2D eigenvalue weighted by molar-refractivity contribution is 0.545. The number of benzene rings is 1. The van der Waals surface area contributed by atoms with Crippen molar-refractivity contribution in [1.29, 1.82) is 0 Å². The van der Waals surface area contributed by atoms with Crippen LogP contribution in [0.3, 0.4) is 0 Å². The van der Waals surface area contributed by atoms with Gasteiger partial charge in [-0.1, -0.05) is 6.07 Å². The van der Waals surface area contributed by atoms with Crippen molar-refractivity contribution in [2.24, 2.45) is 0 Å². The van der Waals surface area contributed by atoms with Crippen LogP contribution in [0.15, 0.2) is 78.1 Å². The van der Waals surface area contributed by atoms with Gasteiger partial charge in [0.15, 0.2) is 5.65 Å². The first-order valence-corrected chi connectivity index (χ1v) is 8.96. The van der Waals surface area contributed by atoms with Gasteiger partial charge in [-0.3, -0.25) is 9.36 Å². The van der Waals surface area contributed by atoms with Gasteiger partial charge in [-0.25, -0.2) is 18.7 Å². The third-order valence-corrected chi connectivity index (χ3v) is 4.93. The molecule has 0 fully saturated rings. The summed E-state index contributed by atoms with van der Waals surface area (Å²) in [5, 5.41) is 0. The Balaban J connectivity index is 1.59. The molecule has 4 aromatic heterocycles. The van der Waals surface area contributed by atoms with Crippen LogP contribution in [0, 0.1) is 11.6 Å². The van der Waals surface area contributed by atoms with Crippen LogP contribution >= 0.6 is 0 Å². The van der Waals surface area contributed by atoms with Crippen molar-refractivity contribution in [3.05, 3.63) is 101 Å². The van der Waals surface area contributed by atoms with E-state index in [1.165, 1.54) is 16.7 Å². The molecule has 1 aromatic carbocycles. The molecule has 0 unspecified atom stereocenters. The second-order valence-electron chi connectivity index (χ2n) is 6.71. The summed E-state index contributed by atoms with van der Waals surface area (Å²) in [5.74, 6) is -1.43. The molecule has 0 saturated heterocycles. The molecule has 5 nitrogen and oxygen atoms in total. The molecule has 0 bridgehead atoms. The van der Waals surface area contributed by atoms with E-state index < -0.39 is 17.2 Å². The number of pyridine rings is 2. The van der Waals surface area contributed by atoms with E-state index in [-0.39, 0.29) is 12.1 Å². The summed E-state index contributed by atoms with van der Waals surface area (Å²) in [6, 6.07) is 13.4. The fraction of sp³-hybridized carbons (Fsp3) is 0.0455. The van der Waals surface area contributed by atoms with Crippen LogP contribution in [-0.2, 0) is 6.54 Å². The standard InChI is InChI=1S/C22H14F2N4O/c23-18-9-15(14-5-6-16-3-2-8-27(16)12-14)10-19(24)17(18)13-28-20-4-1-7-25-22(20)26-11-21(28)29/h1-12H,13H2. The minimum Gasteiger partial charge on any atom is -0.323 e. The number of hydrogen-bond donors (Lipinski definition) is 0. The molecule has 0 aliphatic rings. The van der Waals surface area contributed by atoms with Gasteiger partial charge in [-0.15, -0.1) is 0 Å². The van der Waals surface area contributed by atoms with Crippen LogP contribution in [0.4, 0.5) is 8.78 Å². The average molecular weight is 388 g/mol. The summed E-state index contributed by atoms with van der Waals surface area (Å²) >= 11 is 0. The van der Waals surface area contributed by atoms with Crippen molar-refractivity contribution in [3.63, 3.8) is 0 Å². The van der Waals surface area contributed by atoms with E-state index in [0.29, 0.717) is 22.3 Å². The molecule has 0 aliphatic heterocycles. The molecule has 29 heavy (non-hydrogen) atoms. The van der Waals surface area contributed by atoms with E-state index >= 15 is 0 Å². The number of rotatable bonds is 3. The van der Waals surface area contributed by atoms with Crippen LogP contribution in [0.1, 0.15) is 5.56 Å². The zero-order valence-corrected chi connectivity index (χ0v) is 15.1. The van der Waals surface area contributed by atoms with E-state index in [1.807, 2.05) is 41.1 Å². The molecule has 0 saturated carbocycles. The van der Waals surface area contributed by atoms with Crippen LogP contribution < -0.4 is 5.56 Å². The molecular weight excluding hydrogens is 374 g/mol. The lowest BCUT2D eigenvalue weighted by Gasteiger charge is -2.12. The maximum Gasteiger partial charge on any atom is 0.269 e. The third-order valence-electron chi connectivity index (χ3n) is 4.93. The van der Waals surface area contributed by atoms with Crippen molar-refractivity contribution < 1.29 is 8.78 Å². The van der Waals surface area contributed by atoms with E-state index in [1.54, 1.807) is 18.3 Å². The Morgan fingerprint density at radius 3 is 2.59 bits per heavy atom. The van der Waals surface area contributed by atoms with Crippen molar-refractivity contribution in [2.75, 3.05) is 0 Å². The van der Waals surface area contributed by atoms with E-state index in [2.05, 4.69) is 9.97 Å². The number of halogens is 2. The van der Waals surface area contributed by atoms with Crippen molar-refractivity contribution in [2.45, 2.75) is 6.54 Å². The minimum absolute atomic E-state index is 0.186. The van der Waals surface area contributed by atoms with E-state index in [4.69, 9.17) is 0 Å². The molecule has 7 heteroatoms. The van der Waals surface area contributed by atoms with Gasteiger partial charge in [0, 0.05) is 29.7 Å². The van der Waals surface area contributed by atoms with Crippen molar-refractivity contribution >= 4 is 16.7 Å². The minimum atomic E-state index is -0.714. The first-order chi connectivity index (χ1) is 14.1. The van der Waals surface area contributed by atoms with Gasteiger partial charge in [-0.2, -0.15) is 0 Å². The molecule has 0 aliphatic carbocycles. The fourth-order valence-electron chi connectivity index (χ4n) is 3.45. The number of fused-ring (bicyclic) bond motifs is 2. The second-order valence-corrected chi connectivity index (χ2v) is 6.71. The molecule has 4 heterocycles. The highest BCUT2D eigenvalue weighted by molar-refractivity contribution is 5.70. The average Bonchev–Trinajstić information content (AvgIpc) is 3.19. The summed E-state index contributed by atoms with van der Waals surface area (Å²) < 4.78 is 32.9. The number of hydrogen-bond acceptors (Lipinski definition) is 3. The monoisotopic (exact) mass is 388 g/mol. The van der Waals surface area contributed by atoms with Gasteiger partial charge in [0.25, 0.3) is 5.56 Å². The largest absolute Gasteiger partial charge is 0.323 e. The van der Waals surface area contributed by atoms with E-state index in [0.717, 1.165) is 11.7 Å². The molecule has 5 rings (SSSR count). The maximum atomic E-state index is 14.9. The van der Waals surface area contributed by atoms with Gasteiger partial charge in [-0.05, 0) is 53.6 Å². The highest BCUT2D eigenvalue weighted by atomic mass is 19.1. The molecule has 5 aromatic rings. The molecule has 0 amide bonds. The Morgan fingerprint density at radius 1 is 0.931 bits per heavy atom. The lowest BCUT2D eigenvalue weighted by Crippen LogP contribution is -2.22. The van der Waals surface area contributed by atoms with Crippen molar-refractivity contribution in [1.82, 2.24) is 18.9 Å². The SMILES string of the molecule is O=c1cnc2ncccc2n1Cc1c(F)cc(-c2ccc3cccn3c2)cc1F. The van der Waals surface area contributed by atoms with Gasteiger partial charge in [0.05, 0.1) is 18.3 Å². The maximum absolute atomic E-state index is 14.9. The fourth-order valence-corrected chi connectivity index (χ4v) is 3.45. The molecule has 142 valence electrons. The Labute approximate surface area is 163 Å². The second kappa shape index (κ2) is 6.63. The molecule has 0 N–H and O–H groups in total. The summed E-state index contributed by atoms with van der Waals surface area (Å²) in [6.45, 7) is -0.252. The Kier molecular flexibility index (Phi) is 3.94. The quantitative estimate of drug-likeness (QED) is 0.469. The van der Waals surface area contributed by atoms with Crippen LogP contribution in [0.5, 0.6) is 0 Å². The summed E-state index contributed by atoms with van der Waals surface area (Å²) in [5.41, 5.74) is 2.22. The third kappa shape index (κ3) is 2.97. The van der Waals surface area contributed by atoms with Gasteiger partial charge in [0.2, 0.25) is 0 Å². The molecular formula is C22H14F2N4O. The Hall–Kier alpha value is -3.87. The first kappa shape index (κ1) is 17.2. The molecule has 0 atom stereocenters. The van der Waals surface area contributed by atoms with Crippen LogP contribution in [-0.4, -0.2) is 18.9 Å². The summed E-state index contributed by atoms with van der Waals surface area (Å²) in [7, 11) is 0. The van der Waals surface area contributed by atoms with Crippen LogP contribution in [0.2, 0.25) is 0 Å². The van der Waals surface area contributed by atoms with Gasteiger partial charge >= 0.3 is 0 Å². The smallest absolute Gasteiger partial charge is 0.269 e. The van der Waals surface area contributed by atoms with Crippen molar-refractivity contribution in [3.8, 4) is 11.1 Å². The Bertz CT molecular complexity index is 1420. The lowest BCUT2D eigenvalue weighted by atomic mass is 10.0.